The molecule has 0 bridgehead atoms. The molecule has 1 aliphatic carbocycles. The van der Waals surface area contributed by atoms with E-state index in [1.165, 1.54) is 0 Å². The molecule has 25 heavy (non-hydrogen) atoms. The fraction of sp³-hybridized carbons (Fsp3) is 0.632. The Hall–Kier alpha value is -0.676. The van der Waals surface area contributed by atoms with Crippen LogP contribution in [0.25, 0.3) is 0 Å². The monoisotopic (exact) mass is 423 g/mol. The van der Waals surface area contributed by atoms with Gasteiger partial charge in [0, 0.05) is 38.9 Å². The Labute approximate surface area is 177 Å². The zero-order valence-electron chi connectivity index (χ0n) is 16.4. The summed E-state index contributed by atoms with van der Waals surface area (Å²) in [5, 5.41) is 2.95. The summed E-state index contributed by atoms with van der Waals surface area (Å²) in [6, 6.07) is 1.97. The summed E-state index contributed by atoms with van der Waals surface area (Å²) in [5.74, 6) is 0.731. The number of ether oxygens (including phenoxy) is 1. The average molecular weight is 423 g/mol. The third kappa shape index (κ3) is 8.50. The number of carbonyl (C=O) groups excluding carboxylic acids is 1. The van der Waals surface area contributed by atoms with Crippen molar-refractivity contribution in [1.82, 2.24) is 10.3 Å². The van der Waals surface area contributed by atoms with E-state index >= 15 is 0 Å². The third-order valence-electron chi connectivity index (χ3n) is 3.78. The number of anilines is 1. The summed E-state index contributed by atoms with van der Waals surface area (Å²) in [5.41, 5.74) is 7.39. The normalized spacial score (nSPS) is 22.7. The molecule has 139 valence electrons. The van der Waals surface area contributed by atoms with Gasteiger partial charge in [-0.3, -0.25) is 4.98 Å². The summed E-state index contributed by atoms with van der Waals surface area (Å²) in [4.78, 5) is 16.0. The Balaban J connectivity index is 0.00000185. The van der Waals surface area contributed by atoms with E-state index in [4.69, 9.17) is 10.5 Å². The molecule has 1 saturated carbocycles. The van der Waals surface area contributed by atoms with Gasteiger partial charge in [-0.15, -0.1) is 0 Å². The van der Waals surface area contributed by atoms with Crippen molar-refractivity contribution < 1.29 is 42.2 Å². The number of alkyl carbamates (subject to hydrolysis) is 1. The molecule has 0 saturated heterocycles. The van der Waals surface area contributed by atoms with Crippen molar-refractivity contribution in [3.63, 3.8) is 0 Å². The number of aromatic nitrogens is 1. The predicted octanol–water partition coefficient (Wildman–Crippen LogP) is 4.30. The first kappa shape index (κ1) is 24.3. The maximum atomic E-state index is 12.0. The number of hydrogen-bond donors (Lipinski definition) is 2. The molecule has 1 fully saturated rings. The molecule has 0 spiro atoms. The minimum Gasteiger partial charge on any atom is -0.444 e. The van der Waals surface area contributed by atoms with Crippen LogP contribution in [0.5, 0.6) is 0 Å². The molecule has 6 heteroatoms. The number of nitrogens with one attached hydrogen (secondary N) is 1. The minimum atomic E-state index is -0.487. The number of pyridine rings is 1. The van der Waals surface area contributed by atoms with Gasteiger partial charge in [0.05, 0.1) is 11.9 Å². The molecule has 1 aliphatic rings. The van der Waals surface area contributed by atoms with Crippen LogP contribution in [0, 0.1) is 12.3 Å². The van der Waals surface area contributed by atoms with Crippen LogP contribution >= 0.6 is 0 Å². The van der Waals surface area contributed by atoms with Crippen LogP contribution in [0.4, 0.5) is 10.5 Å². The molecule has 5 nitrogen and oxygen atoms in total. The Bertz CT molecular complexity index is 532. The van der Waals surface area contributed by atoms with Crippen LogP contribution in [0.2, 0.25) is 0 Å². The van der Waals surface area contributed by atoms with Crippen LogP contribution in [-0.2, 0) is 37.4 Å². The quantitative estimate of drug-likeness (QED) is 0.696. The summed E-state index contributed by atoms with van der Waals surface area (Å²) < 4.78 is 5.34. The van der Waals surface area contributed by atoms with Crippen molar-refractivity contribution in [2.24, 2.45) is 5.92 Å². The van der Waals surface area contributed by atoms with Gasteiger partial charge in [-0.25, -0.2) is 4.79 Å². The van der Waals surface area contributed by atoms with E-state index in [1.807, 2.05) is 40.7 Å². The maximum absolute atomic E-state index is 12.0. The van der Waals surface area contributed by atoms with Crippen molar-refractivity contribution in [2.45, 2.75) is 71.9 Å². The van der Waals surface area contributed by atoms with E-state index in [1.54, 1.807) is 12.4 Å². The number of nitrogens with zero attached hydrogens (tertiary/aromatic N) is 1. The van der Waals surface area contributed by atoms with Gasteiger partial charge in [-0.1, -0.05) is 39.7 Å². The topological polar surface area (TPSA) is 77.2 Å². The van der Waals surface area contributed by atoms with Crippen LogP contribution in [0.15, 0.2) is 18.5 Å². The molecule has 3 atom stereocenters. The van der Waals surface area contributed by atoms with Crippen molar-refractivity contribution in [1.29, 1.82) is 0 Å². The van der Waals surface area contributed by atoms with Crippen LogP contribution in [-0.4, -0.2) is 22.7 Å². The Morgan fingerprint density at radius 1 is 1.36 bits per heavy atom. The number of rotatable bonds is 2. The van der Waals surface area contributed by atoms with E-state index in [9.17, 15) is 4.79 Å². The smallest absolute Gasteiger partial charge is 0.405 e. The van der Waals surface area contributed by atoms with Gasteiger partial charge in [-0.2, -0.15) is 5.92 Å². The number of carbonyl (C=O) groups is 1. The molecule has 3 N–H and O–H groups in total. The Morgan fingerprint density at radius 2 is 2.00 bits per heavy atom. The zero-order chi connectivity index (χ0) is 18.3. The van der Waals surface area contributed by atoms with Gasteiger partial charge in [-0.05, 0) is 38.3 Å². The maximum Gasteiger partial charge on any atom is 0.405 e. The third-order valence-corrected chi connectivity index (χ3v) is 3.78. The minimum absolute atomic E-state index is 0. The van der Waals surface area contributed by atoms with Crippen molar-refractivity contribution >= 4 is 11.8 Å². The molecule has 1 aromatic rings. The second-order valence-corrected chi connectivity index (χ2v) is 7.10. The first-order valence-corrected chi connectivity index (χ1v) is 8.78. The van der Waals surface area contributed by atoms with Gasteiger partial charge >= 0.3 is 6.09 Å². The van der Waals surface area contributed by atoms with Crippen LogP contribution in [0.1, 0.15) is 65.9 Å². The van der Waals surface area contributed by atoms with Gasteiger partial charge in [0.1, 0.15) is 5.60 Å². The number of amides is 1. The molecular formula is C19H32N3O2Y-. The Kier molecular flexibility index (Phi) is 10.8. The Morgan fingerprint density at radius 3 is 2.56 bits per heavy atom. The summed E-state index contributed by atoms with van der Waals surface area (Å²) in [6.07, 6.45) is 7.12. The van der Waals surface area contributed by atoms with Gasteiger partial charge < -0.3 is 22.2 Å². The van der Waals surface area contributed by atoms with Crippen molar-refractivity contribution in [3.05, 3.63) is 30.4 Å². The molecule has 1 heterocycles. The standard InChI is InChI=1S/C17H26N3O2.C2H6.Y/c1-11-7-12(14-5-6-19-10-15(14)18)9-13(8-11)20-16(21)22-17(2,3)4;1-2;/h5-6,8,10-13H,7,9,18H2,1-4H3,(H,20,21);1-2H3;/q-1;;. The average Bonchev–Trinajstić information content (AvgIpc) is 2.47. The number of hydrogen-bond acceptors (Lipinski definition) is 4. The van der Waals surface area contributed by atoms with Gasteiger partial charge in [0.25, 0.3) is 0 Å². The van der Waals surface area contributed by atoms with E-state index in [-0.39, 0.29) is 44.8 Å². The second kappa shape index (κ2) is 11.1. The first-order valence-electron chi connectivity index (χ1n) is 8.78. The fourth-order valence-corrected chi connectivity index (χ4v) is 3.01. The van der Waals surface area contributed by atoms with Gasteiger partial charge in [0.15, 0.2) is 0 Å². The van der Waals surface area contributed by atoms with Gasteiger partial charge in [0.2, 0.25) is 0 Å². The first-order chi connectivity index (χ1) is 11.2. The molecule has 1 aromatic heterocycles. The number of nitrogens with two attached hydrogens (primary N) is 1. The zero-order valence-corrected chi connectivity index (χ0v) is 19.2. The molecule has 1 radical (unpaired) electrons. The predicted molar refractivity (Wildman–Crippen MR) is 98.6 cm³/mol. The van der Waals surface area contributed by atoms with Crippen molar-refractivity contribution in [3.8, 4) is 0 Å². The summed E-state index contributed by atoms with van der Waals surface area (Å²) >= 11 is 0. The van der Waals surface area contributed by atoms with E-state index in [0.717, 1.165) is 24.1 Å². The van der Waals surface area contributed by atoms with Crippen LogP contribution < -0.4 is 11.1 Å². The van der Waals surface area contributed by atoms with Crippen LogP contribution in [0.3, 0.4) is 0 Å². The summed E-state index contributed by atoms with van der Waals surface area (Å²) in [7, 11) is 0. The molecule has 1 amide bonds. The molecule has 0 aliphatic heterocycles. The fourth-order valence-electron chi connectivity index (χ4n) is 3.01. The second-order valence-electron chi connectivity index (χ2n) is 7.10. The number of nitrogen functional groups attached to an aromatic ring is 1. The largest absolute Gasteiger partial charge is 0.444 e. The van der Waals surface area contributed by atoms with E-state index in [2.05, 4.69) is 23.6 Å². The molecule has 0 aromatic carbocycles. The molecular weight excluding hydrogens is 391 g/mol. The van der Waals surface area contributed by atoms with E-state index in [0.29, 0.717) is 11.8 Å². The summed E-state index contributed by atoms with van der Waals surface area (Å²) in [6.45, 7) is 11.7. The van der Waals surface area contributed by atoms with E-state index < -0.39 is 5.60 Å². The SMILES string of the molecule is CC.CC1[CH-]C(NC(=O)OC(C)(C)C)CC(c2ccncc2N)C1.[Y]. The molecule has 3 unspecified atom stereocenters. The molecule has 2 rings (SSSR count). The van der Waals surface area contributed by atoms with Crippen molar-refractivity contribution in [2.75, 3.05) is 5.73 Å².